The molecule has 2 aromatic carbocycles. The van der Waals surface area contributed by atoms with E-state index in [0.29, 0.717) is 23.3 Å². The molecule has 0 saturated heterocycles. The van der Waals surface area contributed by atoms with Crippen LogP contribution in [0.25, 0.3) is 22.2 Å². The average Bonchev–Trinajstić information content (AvgIpc) is 3.17. The summed E-state index contributed by atoms with van der Waals surface area (Å²) in [7, 11) is 1.60. The number of hydrogen-bond acceptors (Lipinski definition) is 6. The maximum Gasteiger partial charge on any atom is 0.361 e. The van der Waals surface area contributed by atoms with Crippen LogP contribution in [0.3, 0.4) is 0 Å². The molecule has 0 aliphatic carbocycles. The standard InChI is InChI=1S/C22H19FN4O3/c1-3-30-22(28)20-21(19-11-16-10-17(23)7-6-15(16)12-24-19)27(26-25-20)13-14-4-8-18(29-2)9-5-14/h4-12H,3,13H2,1-2H3. The lowest BCUT2D eigenvalue weighted by molar-refractivity contribution is 0.0520. The van der Waals surface area contributed by atoms with Gasteiger partial charge in [0.05, 0.1) is 26.0 Å². The summed E-state index contributed by atoms with van der Waals surface area (Å²) >= 11 is 0. The van der Waals surface area contributed by atoms with Gasteiger partial charge < -0.3 is 9.47 Å². The van der Waals surface area contributed by atoms with Gasteiger partial charge in [-0.05, 0) is 54.3 Å². The fraction of sp³-hybridized carbons (Fsp3) is 0.182. The van der Waals surface area contributed by atoms with Gasteiger partial charge in [0.25, 0.3) is 0 Å². The zero-order valence-electron chi connectivity index (χ0n) is 16.5. The van der Waals surface area contributed by atoms with Gasteiger partial charge in [-0.2, -0.15) is 0 Å². The maximum absolute atomic E-state index is 13.7. The van der Waals surface area contributed by atoms with Crippen molar-refractivity contribution >= 4 is 16.7 Å². The van der Waals surface area contributed by atoms with Gasteiger partial charge in [0, 0.05) is 11.6 Å². The first-order valence-corrected chi connectivity index (χ1v) is 9.38. The first-order valence-electron chi connectivity index (χ1n) is 9.38. The van der Waals surface area contributed by atoms with E-state index in [4.69, 9.17) is 9.47 Å². The van der Waals surface area contributed by atoms with Gasteiger partial charge in [-0.1, -0.05) is 17.3 Å². The SMILES string of the molecule is CCOC(=O)c1nnn(Cc2ccc(OC)cc2)c1-c1cc2cc(F)ccc2cn1. The van der Waals surface area contributed by atoms with E-state index in [2.05, 4.69) is 15.3 Å². The molecular weight excluding hydrogens is 387 g/mol. The van der Waals surface area contributed by atoms with E-state index in [0.717, 1.165) is 16.7 Å². The van der Waals surface area contributed by atoms with Crippen LogP contribution < -0.4 is 4.74 Å². The second kappa shape index (κ2) is 8.28. The van der Waals surface area contributed by atoms with Crippen LogP contribution in [0, 0.1) is 5.82 Å². The Morgan fingerprint density at radius 2 is 1.90 bits per heavy atom. The molecule has 0 amide bonds. The number of carbonyl (C=O) groups excluding carboxylic acids is 1. The normalized spacial score (nSPS) is 10.9. The zero-order valence-corrected chi connectivity index (χ0v) is 16.5. The van der Waals surface area contributed by atoms with Gasteiger partial charge in [-0.25, -0.2) is 13.9 Å². The van der Waals surface area contributed by atoms with Crippen LogP contribution in [-0.4, -0.2) is 39.7 Å². The van der Waals surface area contributed by atoms with Crippen LogP contribution in [0.4, 0.5) is 4.39 Å². The summed E-state index contributed by atoms with van der Waals surface area (Å²) in [6.45, 7) is 2.28. The molecule has 2 heterocycles. The van der Waals surface area contributed by atoms with E-state index < -0.39 is 5.97 Å². The summed E-state index contributed by atoms with van der Waals surface area (Å²) in [5.74, 6) is -0.201. The Hall–Kier alpha value is -3.81. The molecule has 0 radical (unpaired) electrons. The van der Waals surface area contributed by atoms with E-state index in [9.17, 15) is 9.18 Å². The van der Waals surface area contributed by atoms with E-state index in [1.54, 1.807) is 37.0 Å². The Morgan fingerprint density at radius 3 is 2.63 bits per heavy atom. The number of fused-ring (bicyclic) bond motifs is 1. The second-order valence-corrected chi connectivity index (χ2v) is 6.57. The highest BCUT2D eigenvalue weighted by Gasteiger charge is 2.23. The predicted octanol–water partition coefficient (Wildman–Crippen LogP) is 3.87. The molecule has 7 nitrogen and oxygen atoms in total. The van der Waals surface area contributed by atoms with Crippen molar-refractivity contribution < 1.29 is 18.7 Å². The van der Waals surface area contributed by atoms with E-state index in [1.807, 2.05) is 24.3 Å². The van der Waals surface area contributed by atoms with Gasteiger partial charge in [0.15, 0.2) is 5.69 Å². The highest BCUT2D eigenvalue weighted by atomic mass is 19.1. The molecule has 0 saturated carbocycles. The Balaban J connectivity index is 1.80. The fourth-order valence-electron chi connectivity index (χ4n) is 3.16. The number of pyridine rings is 1. The molecule has 4 rings (SSSR count). The number of esters is 1. The minimum absolute atomic E-state index is 0.0635. The van der Waals surface area contributed by atoms with Crippen molar-refractivity contribution in [2.75, 3.05) is 13.7 Å². The number of aromatic nitrogens is 4. The maximum atomic E-state index is 13.7. The molecule has 0 aliphatic rings. The van der Waals surface area contributed by atoms with E-state index >= 15 is 0 Å². The highest BCUT2D eigenvalue weighted by Crippen LogP contribution is 2.26. The van der Waals surface area contributed by atoms with Crippen molar-refractivity contribution in [1.82, 2.24) is 20.0 Å². The van der Waals surface area contributed by atoms with Crippen LogP contribution in [-0.2, 0) is 11.3 Å². The van der Waals surface area contributed by atoms with Crippen LogP contribution >= 0.6 is 0 Å². The van der Waals surface area contributed by atoms with E-state index in [1.165, 1.54) is 12.1 Å². The molecule has 30 heavy (non-hydrogen) atoms. The molecule has 4 aromatic rings. The molecule has 0 N–H and O–H groups in total. The molecular formula is C22H19FN4O3. The van der Waals surface area contributed by atoms with Crippen molar-refractivity contribution in [3.05, 3.63) is 71.8 Å². The minimum Gasteiger partial charge on any atom is -0.497 e. The summed E-state index contributed by atoms with van der Waals surface area (Å²) in [6, 6.07) is 13.6. The minimum atomic E-state index is -0.588. The summed E-state index contributed by atoms with van der Waals surface area (Å²) in [6.07, 6.45) is 1.63. The lowest BCUT2D eigenvalue weighted by Crippen LogP contribution is -2.09. The fourth-order valence-corrected chi connectivity index (χ4v) is 3.16. The molecule has 152 valence electrons. The molecule has 0 unspecified atom stereocenters. The Kier molecular flexibility index (Phi) is 5.38. The number of rotatable bonds is 6. The van der Waals surface area contributed by atoms with Gasteiger partial charge in [-0.15, -0.1) is 5.10 Å². The zero-order chi connectivity index (χ0) is 21.1. The monoisotopic (exact) mass is 406 g/mol. The number of benzene rings is 2. The van der Waals surface area contributed by atoms with Crippen LogP contribution in [0.1, 0.15) is 23.0 Å². The molecule has 0 bridgehead atoms. The molecule has 0 atom stereocenters. The van der Waals surface area contributed by atoms with Gasteiger partial charge in [0.1, 0.15) is 17.3 Å². The molecule has 0 aliphatic heterocycles. The number of halogens is 1. The van der Waals surface area contributed by atoms with Crippen molar-refractivity contribution in [2.45, 2.75) is 13.5 Å². The van der Waals surface area contributed by atoms with Crippen LogP contribution in [0.15, 0.2) is 54.7 Å². The van der Waals surface area contributed by atoms with Crippen molar-refractivity contribution in [3.8, 4) is 17.1 Å². The van der Waals surface area contributed by atoms with Crippen molar-refractivity contribution in [1.29, 1.82) is 0 Å². The number of carbonyl (C=O) groups is 1. The third kappa shape index (κ3) is 3.84. The third-order valence-corrected chi connectivity index (χ3v) is 4.62. The summed E-state index contributed by atoms with van der Waals surface area (Å²) in [5, 5.41) is 9.63. The first-order chi connectivity index (χ1) is 14.6. The number of methoxy groups -OCH3 is 1. The number of hydrogen-bond donors (Lipinski definition) is 0. The Bertz CT molecular complexity index is 1200. The second-order valence-electron chi connectivity index (χ2n) is 6.57. The Labute approximate surface area is 172 Å². The Morgan fingerprint density at radius 1 is 1.10 bits per heavy atom. The quantitative estimate of drug-likeness (QED) is 0.453. The molecule has 8 heteroatoms. The predicted molar refractivity (Wildman–Crippen MR) is 109 cm³/mol. The van der Waals surface area contributed by atoms with Crippen LogP contribution in [0.2, 0.25) is 0 Å². The average molecular weight is 406 g/mol. The van der Waals surface area contributed by atoms with Gasteiger partial charge >= 0.3 is 5.97 Å². The highest BCUT2D eigenvalue weighted by molar-refractivity contribution is 5.95. The number of ether oxygens (including phenoxy) is 2. The molecule has 0 fully saturated rings. The third-order valence-electron chi connectivity index (χ3n) is 4.62. The smallest absolute Gasteiger partial charge is 0.361 e. The van der Waals surface area contributed by atoms with Crippen LogP contribution in [0.5, 0.6) is 5.75 Å². The summed E-state index contributed by atoms with van der Waals surface area (Å²) < 4.78 is 25.6. The molecule has 2 aromatic heterocycles. The van der Waals surface area contributed by atoms with Crippen molar-refractivity contribution in [3.63, 3.8) is 0 Å². The van der Waals surface area contributed by atoms with Gasteiger partial charge in [0.2, 0.25) is 0 Å². The lowest BCUT2D eigenvalue weighted by atomic mass is 10.1. The first kappa shape index (κ1) is 19.5. The summed E-state index contributed by atoms with van der Waals surface area (Å²) in [5.41, 5.74) is 1.86. The van der Waals surface area contributed by atoms with Crippen molar-refractivity contribution in [2.24, 2.45) is 0 Å². The largest absolute Gasteiger partial charge is 0.497 e. The lowest BCUT2D eigenvalue weighted by Gasteiger charge is -2.09. The topological polar surface area (TPSA) is 79.1 Å². The number of nitrogens with zero attached hydrogens (tertiary/aromatic N) is 4. The summed E-state index contributed by atoms with van der Waals surface area (Å²) in [4.78, 5) is 16.9. The van der Waals surface area contributed by atoms with E-state index in [-0.39, 0.29) is 18.1 Å². The molecule has 0 spiro atoms. The van der Waals surface area contributed by atoms with Gasteiger partial charge in [-0.3, -0.25) is 4.98 Å².